The van der Waals surface area contributed by atoms with Gasteiger partial charge in [0, 0.05) is 13.0 Å². The number of carbonyl (C=O) groups excluding carboxylic acids is 2. The van der Waals surface area contributed by atoms with Gasteiger partial charge in [-0.2, -0.15) is 5.10 Å². The van der Waals surface area contributed by atoms with Crippen molar-refractivity contribution in [1.82, 2.24) is 10.7 Å². The first-order valence-corrected chi connectivity index (χ1v) is 9.71. The zero-order valence-corrected chi connectivity index (χ0v) is 17.5. The zero-order valence-electron chi connectivity index (χ0n) is 16.8. The van der Waals surface area contributed by atoms with Gasteiger partial charge in [0.15, 0.2) is 11.5 Å². The van der Waals surface area contributed by atoms with Crippen molar-refractivity contribution in [2.45, 2.75) is 13.3 Å². The Bertz CT molecular complexity index is 1000. The molecule has 2 aromatic carbocycles. The Hall–Kier alpha value is -3.57. The molecule has 0 fully saturated rings. The molecule has 31 heavy (non-hydrogen) atoms. The number of nitrogens with one attached hydrogen (secondary N) is 2. The molecule has 0 saturated carbocycles. The van der Waals surface area contributed by atoms with E-state index in [-0.39, 0.29) is 30.2 Å². The van der Waals surface area contributed by atoms with Gasteiger partial charge in [-0.1, -0.05) is 29.7 Å². The third kappa shape index (κ3) is 7.32. The van der Waals surface area contributed by atoms with Crippen LogP contribution in [-0.2, 0) is 4.79 Å². The van der Waals surface area contributed by atoms with Crippen LogP contribution in [0.15, 0.2) is 41.5 Å². The van der Waals surface area contributed by atoms with Crippen LogP contribution in [0.25, 0.3) is 0 Å². The molecular weight excluding hydrogens is 425 g/mol. The number of benzene rings is 2. The van der Waals surface area contributed by atoms with E-state index < -0.39 is 17.6 Å². The van der Waals surface area contributed by atoms with Crippen LogP contribution in [0.2, 0.25) is 5.02 Å². The van der Waals surface area contributed by atoms with E-state index >= 15 is 0 Å². The van der Waals surface area contributed by atoms with Crippen molar-refractivity contribution in [2.75, 3.05) is 19.8 Å². The Kier molecular flexibility index (Phi) is 9.33. The minimum absolute atomic E-state index is 0.0239. The number of nitrogens with zero attached hydrogens (tertiary/aromatic N) is 1. The number of hydrogen-bond acceptors (Lipinski definition) is 5. The van der Waals surface area contributed by atoms with Crippen LogP contribution in [0.1, 0.15) is 29.3 Å². The predicted octanol–water partition coefficient (Wildman–Crippen LogP) is 3.16. The molecule has 0 saturated heterocycles. The normalized spacial score (nSPS) is 10.4. The predicted molar refractivity (Wildman–Crippen MR) is 116 cm³/mol. The second-order valence-corrected chi connectivity index (χ2v) is 6.44. The van der Waals surface area contributed by atoms with E-state index in [9.17, 15) is 14.0 Å². The molecule has 0 radical (unpaired) electrons. The van der Waals surface area contributed by atoms with E-state index in [4.69, 9.17) is 27.5 Å². The summed E-state index contributed by atoms with van der Waals surface area (Å²) in [6, 6.07) is 8.81. The van der Waals surface area contributed by atoms with E-state index in [2.05, 4.69) is 21.8 Å². The quantitative estimate of drug-likeness (QED) is 0.334. The number of ether oxygens (including phenoxy) is 2. The molecule has 0 spiro atoms. The van der Waals surface area contributed by atoms with E-state index in [1.165, 1.54) is 24.4 Å². The van der Waals surface area contributed by atoms with Crippen LogP contribution in [-0.4, -0.2) is 37.8 Å². The summed E-state index contributed by atoms with van der Waals surface area (Å²) in [5.74, 6) is 1.42. The van der Waals surface area contributed by atoms with E-state index in [1.54, 1.807) is 18.2 Å². The van der Waals surface area contributed by atoms with Gasteiger partial charge in [0.1, 0.15) is 12.4 Å². The highest BCUT2D eigenvalue weighted by Crippen LogP contribution is 2.36. The van der Waals surface area contributed by atoms with Gasteiger partial charge in [-0.15, -0.1) is 6.42 Å². The summed E-state index contributed by atoms with van der Waals surface area (Å²) in [6.45, 7) is 2.26. The van der Waals surface area contributed by atoms with E-state index in [1.807, 2.05) is 6.92 Å². The largest absolute Gasteiger partial charge is 0.490 e. The van der Waals surface area contributed by atoms with Crippen LogP contribution >= 0.6 is 11.6 Å². The van der Waals surface area contributed by atoms with Crippen molar-refractivity contribution in [3.63, 3.8) is 0 Å². The number of hydrogen-bond donors (Lipinski definition) is 2. The fourth-order valence-corrected chi connectivity index (χ4v) is 2.72. The lowest BCUT2D eigenvalue weighted by atomic mass is 10.2. The van der Waals surface area contributed by atoms with Crippen molar-refractivity contribution >= 4 is 29.6 Å². The topological polar surface area (TPSA) is 89.0 Å². The van der Waals surface area contributed by atoms with Crippen LogP contribution in [0.3, 0.4) is 0 Å². The van der Waals surface area contributed by atoms with Crippen molar-refractivity contribution in [1.29, 1.82) is 0 Å². The van der Waals surface area contributed by atoms with Crippen molar-refractivity contribution in [3.8, 4) is 23.8 Å². The average Bonchev–Trinajstić information content (AvgIpc) is 2.73. The summed E-state index contributed by atoms with van der Waals surface area (Å²) in [5.41, 5.74) is 2.82. The van der Waals surface area contributed by atoms with Crippen molar-refractivity contribution < 1.29 is 23.5 Å². The summed E-state index contributed by atoms with van der Waals surface area (Å²) in [4.78, 5) is 23.8. The SMILES string of the molecule is C#CCOc1c(Cl)cc(C=NNC(=O)CCNC(=O)c2ccccc2F)cc1OCC. The zero-order chi connectivity index (χ0) is 22.6. The molecule has 2 N–H and O–H groups in total. The molecule has 7 nitrogen and oxygen atoms in total. The molecule has 0 atom stereocenters. The number of hydrazone groups is 1. The Morgan fingerprint density at radius 1 is 1.29 bits per heavy atom. The number of terminal acetylenes is 1. The van der Waals surface area contributed by atoms with Crippen LogP contribution in [0.4, 0.5) is 4.39 Å². The van der Waals surface area contributed by atoms with Crippen LogP contribution in [0, 0.1) is 18.2 Å². The van der Waals surface area contributed by atoms with Gasteiger partial charge in [0.2, 0.25) is 5.91 Å². The fraction of sp³-hybridized carbons (Fsp3) is 0.227. The first kappa shape index (κ1) is 23.7. The molecule has 0 unspecified atom stereocenters. The maximum Gasteiger partial charge on any atom is 0.254 e. The van der Waals surface area contributed by atoms with Gasteiger partial charge >= 0.3 is 0 Å². The van der Waals surface area contributed by atoms with E-state index in [0.29, 0.717) is 23.7 Å². The number of amides is 2. The van der Waals surface area contributed by atoms with Crippen LogP contribution in [0.5, 0.6) is 11.5 Å². The van der Waals surface area contributed by atoms with Gasteiger partial charge < -0.3 is 14.8 Å². The third-order valence-electron chi connectivity index (χ3n) is 3.79. The first-order chi connectivity index (χ1) is 15.0. The van der Waals surface area contributed by atoms with Gasteiger partial charge in [-0.3, -0.25) is 9.59 Å². The van der Waals surface area contributed by atoms with Crippen molar-refractivity contribution in [2.24, 2.45) is 5.10 Å². The highest BCUT2D eigenvalue weighted by molar-refractivity contribution is 6.32. The highest BCUT2D eigenvalue weighted by Gasteiger charge is 2.12. The lowest BCUT2D eigenvalue weighted by Crippen LogP contribution is -2.29. The molecule has 2 amide bonds. The molecule has 0 aliphatic rings. The maximum absolute atomic E-state index is 13.6. The summed E-state index contributed by atoms with van der Waals surface area (Å²) < 4.78 is 24.5. The highest BCUT2D eigenvalue weighted by atomic mass is 35.5. The molecule has 0 heterocycles. The first-order valence-electron chi connectivity index (χ1n) is 9.33. The monoisotopic (exact) mass is 445 g/mol. The summed E-state index contributed by atoms with van der Waals surface area (Å²) in [7, 11) is 0. The minimum Gasteiger partial charge on any atom is -0.490 e. The Labute approximate surface area is 184 Å². The Morgan fingerprint density at radius 3 is 2.77 bits per heavy atom. The van der Waals surface area contributed by atoms with Crippen LogP contribution < -0.4 is 20.2 Å². The molecule has 2 aromatic rings. The molecular formula is C22H21ClFN3O4. The van der Waals surface area contributed by atoms with Gasteiger partial charge in [-0.25, -0.2) is 9.82 Å². The van der Waals surface area contributed by atoms with Gasteiger partial charge in [0.05, 0.1) is 23.4 Å². The molecule has 9 heteroatoms. The van der Waals surface area contributed by atoms with Gasteiger partial charge in [-0.05, 0) is 36.8 Å². The molecule has 0 aliphatic carbocycles. The maximum atomic E-state index is 13.6. The standard InChI is InChI=1S/C22H21ClFN3O4/c1-3-11-31-21-17(23)12-15(13-19(21)30-4-2)14-26-27-20(28)9-10-25-22(29)16-7-5-6-8-18(16)24/h1,5-8,12-14H,4,9-11H2,2H3,(H,25,29)(H,27,28). The molecule has 0 bridgehead atoms. The average molecular weight is 446 g/mol. The molecule has 0 aromatic heterocycles. The summed E-state index contributed by atoms with van der Waals surface area (Å²) >= 11 is 6.22. The fourth-order valence-electron chi connectivity index (χ4n) is 2.44. The summed E-state index contributed by atoms with van der Waals surface area (Å²) in [5, 5.41) is 6.62. The minimum atomic E-state index is -0.630. The summed E-state index contributed by atoms with van der Waals surface area (Å²) in [6.07, 6.45) is 6.55. The lowest BCUT2D eigenvalue weighted by molar-refractivity contribution is -0.120. The lowest BCUT2D eigenvalue weighted by Gasteiger charge is -2.12. The third-order valence-corrected chi connectivity index (χ3v) is 4.07. The second kappa shape index (κ2) is 12.2. The Balaban J connectivity index is 1.88. The number of halogens is 2. The van der Waals surface area contributed by atoms with E-state index in [0.717, 1.165) is 0 Å². The molecule has 0 aliphatic heterocycles. The molecule has 2 rings (SSSR count). The smallest absolute Gasteiger partial charge is 0.254 e. The van der Waals surface area contributed by atoms with Crippen molar-refractivity contribution in [3.05, 3.63) is 58.4 Å². The second-order valence-electron chi connectivity index (χ2n) is 6.03. The number of rotatable bonds is 10. The molecule has 162 valence electrons. The Morgan fingerprint density at radius 2 is 2.06 bits per heavy atom. The number of carbonyl (C=O) groups is 2. The van der Waals surface area contributed by atoms with Gasteiger partial charge in [0.25, 0.3) is 5.91 Å².